The van der Waals surface area contributed by atoms with Crippen LogP contribution in [0.5, 0.6) is 0 Å². The van der Waals surface area contributed by atoms with Crippen LogP contribution in [0.15, 0.2) is 29.2 Å². The Balaban J connectivity index is 2.40. The van der Waals surface area contributed by atoms with Crippen LogP contribution >= 0.6 is 23.4 Å². The first-order valence-corrected chi connectivity index (χ1v) is 6.16. The van der Waals surface area contributed by atoms with E-state index < -0.39 is 0 Å². The van der Waals surface area contributed by atoms with Crippen molar-refractivity contribution in [3.63, 3.8) is 0 Å². The Labute approximate surface area is 89.7 Å². The average Bonchev–Trinajstić information content (AvgIpc) is 2.19. The highest BCUT2D eigenvalue weighted by Crippen LogP contribution is 2.20. The molecule has 0 saturated carbocycles. The molecule has 13 heavy (non-hydrogen) atoms. The molecule has 1 rings (SSSR count). The van der Waals surface area contributed by atoms with E-state index in [-0.39, 0.29) is 0 Å². The van der Waals surface area contributed by atoms with Gasteiger partial charge in [-0.25, -0.2) is 0 Å². The molecular formula is C11H15ClS. The van der Waals surface area contributed by atoms with Crippen LogP contribution in [0, 0.1) is 0 Å². The predicted molar refractivity (Wildman–Crippen MR) is 61.6 cm³/mol. The quantitative estimate of drug-likeness (QED) is 0.400. The molecule has 2 heteroatoms. The zero-order chi connectivity index (χ0) is 9.52. The van der Waals surface area contributed by atoms with Gasteiger partial charge in [-0.1, -0.05) is 25.5 Å². The van der Waals surface area contributed by atoms with Crippen LogP contribution in [0.2, 0.25) is 0 Å². The molecule has 72 valence electrons. The minimum atomic E-state index is 0.611. The summed E-state index contributed by atoms with van der Waals surface area (Å²) in [6.45, 7) is 2.22. The first kappa shape index (κ1) is 10.9. The van der Waals surface area contributed by atoms with E-state index in [4.69, 9.17) is 11.6 Å². The number of hydrogen-bond acceptors (Lipinski definition) is 1. The van der Waals surface area contributed by atoms with Crippen molar-refractivity contribution in [3.05, 3.63) is 29.8 Å². The molecule has 0 spiro atoms. The van der Waals surface area contributed by atoms with Crippen LogP contribution in [0.1, 0.15) is 25.3 Å². The van der Waals surface area contributed by atoms with E-state index in [0.29, 0.717) is 5.88 Å². The van der Waals surface area contributed by atoms with Crippen molar-refractivity contribution in [2.45, 2.75) is 30.5 Å². The van der Waals surface area contributed by atoms with Crippen molar-refractivity contribution in [1.29, 1.82) is 0 Å². The van der Waals surface area contributed by atoms with Gasteiger partial charge < -0.3 is 0 Å². The number of alkyl halides is 1. The summed E-state index contributed by atoms with van der Waals surface area (Å²) in [5.41, 5.74) is 1.20. The van der Waals surface area contributed by atoms with Crippen LogP contribution in [0.3, 0.4) is 0 Å². The van der Waals surface area contributed by atoms with E-state index in [9.17, 15) is 0 Å². The Bertz CT molecular complexity index is 230. The lowest BCUT2D eigenvalue weighted by Gasteiger charge is -2.01. The Hall–Kier alpha value is -0.140. The van der Waals surface area contributed by atoms with Crippen LogP contribution in [-0.2, 0) is 5.88 Å². The minimum absolute atomic E-state index is 0.611. The van der Waals surface area contributed by atoms with Gasteiger partial charge in [0.1, 0.15) is 0 Å². The van der Waals surface area contributed by atoms with E-state index in [1.54, 1.807) is 0 Å². The Morgan fingerprint density at radius 3 is 2.46 bits per heavy atom. The van der Waals surface area contributed by atoms with Gasteiger partial charge in [-0.15, -0.1) is 23.4 Å². The zero-order valence-corrected chi connectivity index (χ0v) is 9.50. The van der Waals surface area contributed by atoms with Crippen LogP contribution in [0.4, 0.5) is 0 Å². The van der Waals surface area contributed by atoms with Gasteiger partial charge in [-0.2, -0.15) is 0 Å². The normalized spacial score (nSPS) is 10.3. The van der Waals surface area contributed by atoms with E-state index in [1.807, 2.05) is 11.8 Å². The third kappa shape index (κ3) is 4.06. The molecule has 0 radical (unpaired) electrons. The second-order valence-electron chi connectivity index (χ2n) is 2.98. The summed E-state index contributed by atoms with van der Waals surface area (Å²) in [6.07, 6.45) is 2.56. The summed E-state index contributed by atoms with van der Waals surface area (Å²) in [4.78, 5) is 1.35. The highest BCUT2D eigenvalue weighted by atomic mass is 35.5. The maximum Gasteiger partial charge on any atom is 0.0474 e. The fraction of sp³-hybridized carbons (Fsp3) is 0.455. The third-order valence-electron chi connectivity index (χ3n) is 1.84. The molecule has 0 atom stereocenters. The van der Waals surface area contributed by atoms with Gasteiger partial charge in [0.2, 0.25) is 0 Å². The van der Waals surface area contributed by atoms with Crippen molar-refractivity contribution < 1.29 is 0 Å². The molecule has 0 saturated heterocycles. The molecule has 0 unspecified atom stereocenters. The third-order valence-corrected chi connectivity index (χ3v) is 3.25. The maximum absolute atomic E-state index is 5.70. The smallest absolute Gasteiger partial charge is 0.0474 e. The molecule has 0 heterocycles. The lowest BCUT2D eigenvalue weighted by atomic mass is 10.2. The Kier molecular flexibility index (Phi) is 5.33. The Morgan fingerprint density at radius 2 is 1.92 bits per heavy atom. The topological polar surface area (TPSA) is 0 Å². The molecule has 0 aliphatic heterocycles. The molecular weight excluding hydrogens is 200 g/mol. The number of thioether (sulfide) groups is 1. The van der Waals surface area contributed by atoms with Gasteiger partial charge in [0, 0.05) is 10.8 Å². The van der Waals surface area contributed by atoms with Crippen molar-refractivity contribution >= 4 is 23.4 Å². The van der Waals surface area contributed by atoms with Gasteiger partial charge in [-0.05, 0) is 29.9 Å². The molecule has 0 nitrogen and oxygen atoms in total. The van der Waals surface area contributed by atoms with E-state index >= 15 is 0 Å². The molecule has 0 aliphatic rings. The Morgan fingerprint density at radius 1 is 1.23 bits per heavy atom. The molecule has 0 N–H and O–H groups in total. The van der Waals surface area contributed by atoms with E-state index in [1.165, 1.54) is 29.1 Å². The first-order chi connectivity index (χ1) is 6.36. The molecule has 1 aromatic carbocycles. The van der Waals surface area contributed by atoms with Gasteiger partial charge in [0.15, 0.2) is 0 Å². The van der Waals surface area contributed by atoms with Gasteiger partial charge >= 0.3 is 0 Å². The summed E-state index contributed by atoms with van der Waals surface area (Å²) in [5.74, 6) is 1.83. The fourth-order valence-corrected chi connectivity index (χ4v) is 2.18. The summed E-state index contributed by atoms with van der Waals surface area (Å²) in [7, 11) is 0. The number of rotatable bonds is 5. The second kappa shape index (κ2) is 6.33. The number of unbranched alkanes of at least 4 members (excludes halogenated alkanes) is 1. The zero-order valence-electron chi connectivity index (χ0n) is 7.92. The first-order valence-electron chi connectivity index (χ1n) is 4.64. The number of halogens is 1. The molecule has 1 aromatic rings. The molecule has 0 amide bonds. The summed E-state index contributed by atoms with van der Waals surface area (Å²) >= 11 is 7.62. The largest absolute Gasteiger partial charge is 0.126 e. The predicted octanol–water partition coefficient (Wildman–Crippen LogP) is 4.32. The van der Waals surface area contributed by atoms with E-state index in [0.717, 1.165) is 0 Å². The van der Waals surface area contributed by atoms with Crippen LogP contribution < -0.4 is 0 Å². The van der Waals surface area contributed by atoms with Crippen LogP contribution in [-0.4, -0.2) is 5.75 Å². The lowest BCUT2D eigenvalue weighted by Crippen LogP contribution is -1.80. The highest BCUT2D eigenvalue weighted by Gasteiger charge is 1.93. The summed E-state index contributed by atoms with van der Waals surface area (Å²) in [5, 5.41) is 0. The van der Waals surface area contributed by atoms with Gasteiger partial charge in [0.05, 0.1) is 0 Å². The van der Waals surface area contributed by atoms with Gasteiger partial charge in [-0.3, -0.25) is 0 Å². The standard InChI is InChI=1S/C11H15ClS/c1-2-3-8-13-11-6-4-10(9-12)5-7-11/h4-7H,2-3,8-9H2,1H3. The van der Waals surface area contributed by atoms with E-state index in [2.05, 4.69) is 31.2 Å². The maximum atomic E-state index is 5.70. The molecule has 0 aliphatic carbocycles. The summed E-state index contributed by atoms with van der Waals surface area (Å²) < 4.78 is 0. The van der Waals surface area contributed by atoms with Crippen LogP contribution in [0.25, 0.3) is 0 Å². The van der Waals surface area contributed by atoms with Crippen molar-refractivity contribution in [1.82, 2.24) is 0 Å². The average molecular weight is 215 g/mol. The van der Waals surface area contributed by atoms with Crippen molar-refractivity contribution in [2.75, 3.05) is 5.75 Å². The molecule has 0 fully saturated rings. The molecule has 0 aromatic heterocycles. The van der Waals surface area contributed by atoms with Crippen molar-refractivity contribution in [2.24, 2.45) is 0 Å². The monoisotopic (exact) mass is 214 g/mol. The second-order valence-corrected chi connectivity index (χ2v) is 4.42. The fourth-order valence-electron chi connectivity index (χ4n) is 1.01. The number of benzene rings is 1. The van der Waals surface area contributed by atoms with Gasteiger partial charge in [0.25, 0.3) is 0 Å². The lowest BCUT2D eigenvalue weighted by molar-refractivity contribution is 0.896. The summed E-state index contributed by atoms with van der Waals surface area (Å²) in [6, 6.07) is 8.50. The molecule has 0 bridgehead atoms. The van der Waals surface area contributed by atoms with Crippen molar-refractivity contribution in [3.8, 4) is 0 Å². The minimum Gasteiger partial charge on any atom is -0.126 e. The highest BCUT2D eigenvalue weighted by molar-refractivity contribution is 7.99. The SMILES string of the molecule is CCCCSc1ccc(CCl)cc1. The number of hydrogen-bond donors (Lipinski definition) is 0.